The van der Waals surface area contributed by atoms with Gasteiger partial charge < -0.3 is 9.30 Å². The van der Waals surface area contributed by atoms with Crippen LogP contribution in [0.2, 0.25) is 5.02 Å². The summed E-state index contributed by atoms with van der Waals surface area (Å²) in [7, 11) is -7.44. The monoisotopic (exact) mass is 607 g/mol. The molecule has 0 saturated heterocycles. The molecular weight excluding hydrogens is 586 g/mol. The molecule has 0 fully saturated rings. The smallest absolute Gasteiger partial charge is 0.326 e. The number of anilines is 1. The van der Waals surface area contributed by atoms with Gasteiger partial charge in [-0.3, -0.25) is 14.3 Å². The van der Waals surface area contributed by atoms with Gasteiger partial charge in [0.15, 0.2) is 14.6 Å². The van der Waals surface area contributed by atoms with Gasteiger partial charge in [-0.05, 0) is 67.6 Å². The average molecular weight is 608 g/mol. The van der Waals surface area contributed by atoms with Gasteiger partial charge in [-0.15, -0.1) is 0 Å². The van der Waals surface area contributed by atoms with E-state index in [1.165, 1.54) is 71.3 Å². The van der Waals surface area contributed by atoms with Crippen LogP contribution in [-0.2, 0) is 35.9 Å². The van der Waals surface area contributed by atoms with E-state index in [2.05, 4.69) is 9.71 Å². The lowest BCUT2D eigenvalue weighted by atomic mass is 10.2. The number of benzene rings is 3. The number of carbonyl (C=O) groups excluding carboxylic acids is 2. The number of rotatable bonds is 8. The minimum absolute atomic E-state index is 0.00735. The zero-order chi connectivity index (χ0) is 28.4. The Labute approximate surface area is 233 Å². The molecule has 0 aliphatic rings. The second kappa shape index (κ2) is 11.3. The quantitative estimate of drug-likeness (QED) is 0.300. The number of fused-ring (bicyclic) bond motifs is 1. The first-order valence-electron chi connectivity index (χ1n) is 11.3. The summed E-state index contributed by atoms with van der Waals surface area (Å²) in [6, 6.07) is 15.8. The minimum Gasteiger partial charge on any atom is -0.465 e. The number of hydrogen-bond donors (Lipinski definition) is 1. The molecule has 14 heteroatoms. The molecule has 0 unspecified atom stereocenters. The highest BCUT2D eigenvalue weighted by Crippen LogP contribution is 2.23. The van der Waals surface area contributed by atoms with Crippen molar-refractivity contribution < 1.29 is 31.2 Å². The number of halogens is 1. The van der Waals surface area contributed by atoms with E-state index in [0.29, 0.717) is 15.2 Å². The van der Waals surface area contributed by atoms with Crippen LogP contribution >= 0.6 is 22.9 Å². The molecule has 0 aliphatic heterocycles. The molecule has 0 radical (unpaired) electrons. The van der Waals surface area contributed by atoms with Crippen LogP contribution in [-0.4, -0.2) is 46.1 Å². The number of sulfonamides is 1. The molecule has 0 aliphatic carbocycles. The lowest BCUT2D eigenvalue weighted by molar-refractivity contribution is -0.143. The minimum atomic E-state index is -3.94. The highest BCUT2D eigenvalue weighted by atomic mass is 35.5. The van der Waals surface area contributed by atoms with E-state index in [1.54, 1.807) is 6.92 Å². The summed E-state index contributed by atoms with van der Waals surface area (Å²) >= 11 is 6.87. The lowest BCUT2D eigenvalue weighted by Crippen LogP contribution is -2.23. The van der Waals surface area contributed by atoms with Gasteiger partial charge in [0.2, 0.25) is 0 Å². The predicted octanol–water partition coefficient (Wildman–Crippen LogP) is 3.86. The number of carbonyl (C=O) groups is 2. The molecule has 0 saturated carbocycles. The van der Waals surface area contributed by atoms with Gasteiger partial charge in [0.1, 0.15) is 6.54 Å². The number of hydrogen-bond acceptors (Lipinski definition) is 8. The average Bonchev–Trinajstić information content (AvgIpc) is 3.19. The second-order valence-electron chi connectivity index (χ2n) is 8.23. The van der Waals surface area contributed by atoms with E-state index in [4.69, 9.17) is 16.3 Å². The first-order valence-corrected chi connectivity index (χ1v) is 15.9. The van der Waals surface area contributed by atoms with Crippen LogP contribution in [0.25, 0.3) is 10.2 Å². The summed E-state index contributed by atoms with van der Waals surface area (Å²) < 4.78 is 58.9. The van der Waals surface area contributed by atoms with Crippen LogP contribution in [0.1, 0.15) is 17.3 Å². The molecule has 1 aromatic heterocycles. The van der Waals surface area contributed by atoms with Crippen LogP contribution in [0.4, 0.5) is 5.69 Å². The number of amides is 1. The number of thiazole rings is 1. The van der Waals surface area contributed by atoms with Gasteiger partial charge in [0.25, 0.3) is 15.9 Å². The zero-order valence-electron chi connectivity index (χ0n) is 20.6. The summed E-state index contributed by atoms with van der Waals surface area (Å²) in [5.41, 5.74) is 0.722. The van der Waals surface area contributed by atoms with Crippen LogP contribution in [0.5, 0.6) is 0 Å². The van der Waals surface area contributed by atoms with E-state index in [-0.39, 0.29) is 39.0 Å². The third-order valence-electron chi connectivity index (χ3n) is 5.36. The number of aromatic nitrogens is 1. The number of nitrogens with zero attached hydrogens (tertiary/aromatic N) is 2. The molecule has 204 valence electrons. The number of sulfone groups is 1. The Kier molecular flexibility index (Phi) is 8.25. The maximum absolute atomic E-state index is 13.1. The van der Waals surface area contributed by atoms with Crippen molar-refractivity contribution in [2.24, 2.45) is 4.99 Å². The molecule has 10 nitrogen and oxygen atoms in total. The molecule has 1 N–H and O–H groups in total. The van der Waals surface area contributed by atoms with Gasteiger partial charge in [-0.1, -0.05) is 29.0 Å². The fourth-order valence-corrected chi connectivity index (χ4v) is 6.52. The molecule has 0 spiro atoms. The fraction of sp³-hybridized carbons (Fsp3) is 0.160. The molecule has 39 heavy (non-hydrogen) atoms. The molecule has 0 bridgehead atoms. The highest BCUT2D eigenvalue weighted by molar-refractivity contribution is 7.92. The summed E-state index contributed by atoms with van der Waals surface area (Å²) in [6.45, 7) is 1.57. The summed E-state index contributed by atoms with van der Waals surface area (Å²) in [6.07, 6.45) is 1.08. The number of nitrogens with one attached hydrogen (secondary N) is 1. The SMILES string of the molecule is CCOC(=O)Cn1c(=NC(=O)c2cccc(NS(=O)(=O)c3ccc(Cl)cc3)c2)sc2cc(S(C)(=O)=O)ccc21. The number of esters is 1. The topological polar surface area (TPSA) is 141 Å². The van der Waals surface area contributed by atoms with Crippen molar-refractivity contribution in [2.75, 3.05) is 17.6 Å². The molecule has 1 heterocycles. The third-order valence-corrected chi connectivity index (χ3v) is 9.16. The molecular formula is C25H22ClN3O7S3. The highest BCUT2D eigenvalue weighted by Gasteiger charge is 2.17. The number of ether oxygens (including phenoxy) is 1. The molecule has 1 amide bonds. The molecule has 4 rings (SSSR count). The fourth-order valence-electron chi connectivity index (χ4n) is 3.55. The predicted molar refractivity (Wildman–Crippen MR) is 148 cm³/mol. The van der Waals surface area contributed by atoms with Crippen molar-refractivity contribution in [1.29, 1.82) is 0 Å². The van der Waals surface area contributed by atoms with Gasteiger partial charge in [-0.2, -0.15) is 4.99 Å². The van der Waals surface area contributed by atoms with Crippen LogP contribution < -0.4 is 9.52 Å². The molecule has 4 aromatic rings. The molecule has 0 atom stereocenters. The van der Waals surface area contributed by atoms with Crippen molar-refractivity contribution in [1.82, 2.24) is 4.57 Å². The summed E-state index contributed by atoms with van der Waals surface area (Å²) in [5.74, 6) is -1.26. The molecule has 3 aromatic carbocycles. The second-order valence-corrected chi connectivity index (χ2v) is 13.4. The summed E-state index contributed by atoms with van der Waals surface area (Å²) in [4.78, 5) is 29.8. The Morgan fingerprint density at radius 2 is 1.69 bits per heavy atom. The summed E-state index contributed by atoms with van der Waals surface area (Å²) in [5, 5.41) is 0.386. The Hall–Kier alpha value is -3.52. The van der Waals surface area contributed by atoms with Crippen LogP contribution in [0, 0.1) is 0 Å². The van der Waals surface area contributed by atoms with Gasteiger partial charge >= 0.3 is 5.97 Å². The van der Waals surface area contributed by atoms with Crippen LogP contribution in [0.15, 0.2) is 81.5 Å². The lowest BCUT2D eigenvalue weighted by Gasteiger charge is -2.09. The van der Waals surface area contributed by atoms with E-state index >= 15 is 0 Å². The van der Waals surface area contributed by atoms with Crippen LogP contribution in [0.3, 0.4) is 0 Å². The normalized spacial score (nSPS) is 12.4. The van der Waals surface area contributed by atoms with Gasteiger partial charge in [0, 0.05) is 22.5 Å². The van der Waals surface area contributed by atoms with E-state index in [9.17, 15) is 26.4 Å². The first kappa shape index (κ1) is 28.5. The standard InChI is InChI=1S/C25H22ClN3O7S3/c1-3-36-23(30)15-29-21-12-11-20(38(2,32)33)14-22(21)37-25(29)27-24(31)16-5-4-6-18(13-16)28-39(34,35)19-9-7-17(26)8-10-19/h4-14,28H,3,15H2,1-2H3. The van der Waals surface area contributed by atoms with E-state index < -0.39 is 31.7 Å². The van der Waals surface area contributed by atoms with Gasteiger partial charge in [0.05, 0.1) is 26.6 Å². The Balaban J connectivity index is 1.72. The van der Waals surface area contributed by atoms with E-state index in [0.717, 1.165) is 17.6 Å². The van der Waals surface area contributed by atoms with E-state index in [1.807, 2.05) is 0 Å². The maximum Gasteiger partial charge on any atom is 0.326 e. The van der Waals surface area contributed by atoms with Crippen molar-refractivity contribution in [3.63, 3.8) is 0 Å². The Bertz CT molecular complexity index is 1860. The van der Waals surface area contributed by atoms with Crippen molar-refractivity contribution >= 4 is 70.6 Å². The van der Waals surface area contributed by atoms with Crippen molar-refractivity contribution in [3.05, 3.63) is 82.1 Å². The largest absolute Gasteiger partial charge is 0.465 e. The maximum atomic E-state index is 13.1. The van der Waals surface area contributed by atoms with Gasteiger partial charge in [-0.25, -0.2) is 16.8 Å². The first-order chi connectivity index (χ1) is 18.4. The van der Waals surface area contributed by atoms with Crippen molar-refractivity contribution in [3.8, 4) is 0 Å². The zero-order valence-corrected chi connectivity index (χ0v) is 23.8. The Morgan fingerprint density at radius 1 is 1.00 bits per heavy atom. The Morgan fingerprint density at radius 3 is 2.36 bits per heavy atom. The third kappa shape index (κ3) is 6.74. The van der Waals surface area contributed by atoms with Crippen molar-refractivity contribution in [2.45, 2.75) is 23.3 Å².